The van der Waals surface area contributed by atoms with Gasteiger partial charge in [0, 0.05) is 10.0 Å². The van der Waals surface area contributed by atoms with E-state index in [1.54, 1.807) is 6.21 Å². The van der Waals surface area contributed by atoms with Gasteiger partial charge >= 0.3 is 0 Å². The quantitative estimate of drug-likeness (QED) is 0.531. The molecule has 0 amide bonds. The molecule has 0 heterocycles. The molecule has 0 unspecified atom stereocenters. The highest BCUT2D eigenvalue weighted by Crippen LogP contribution is 2.22. The van der Waals surface area contributed by atoms with Crippen molar-refractivity contribution in [2.75, 3.05) is 0 Å². The van der Waals surface area contributed by atoms with Gasteiger partial charge in [0.1, 0.15) is 12.4 Å². The molecule has 0 radical (unpaired) electrons. The molecule has 0 spiro atoms. The Kier molecular flexibility index (Phi) is 4.58. The summed E-state index contributed by atoms with van der Waals surface area (Å²) in [5, 5.41) is 3.55. The van der Waals surface area contributed by atoms with E-state index in [0.29, 0.717) is 6.61 Å². The van der Waals surface area contributed by atoms with E-state index in [1.165, 1.54) is 5.56 Å². The van der Waals surface area contributed by atoms with Crippen LogP contribution in [0.3, 0.4) is 0 Å². The van der Waals surface area contributed by atoms with Crippen molar-refractivity contribution < 1.29 is 4.74 Å². The molecule has 2 aromatic rings. The van der Waals surface area contributed by atoms with Crippen LogP contribution in [-0.4, -0.2) is 6.21 Å². The molecule has 2 rings (SSSR count). The molecule has 19 heavy (non-hydrogen) atoms. The SMILES string of the molecule is Cc1ccc(COc2ccc(Br)cc2C=NN)cc1. The second-order valence-electron chi connectivity index (χ2n) is 4.23. The Morgan fingerprint density at radius 1 is 1.21 bits per heavy atom. The first-order chi connectivity index (χ1) is 9.19. The Balaban J connectivity index is 2.12. The molecule has 2 N–H and O–H groups in total. The Bertz CT molecular complexity index is 579. The van der Waals surface area contributed by atoms with E-state index in [9.17, 15) is 0 Å². The van der Waals surface area contributed by atoms with Gasteiger partial charge in [0.25, 0.3) is 0 Å². The Morgan fingerprint density at radius 3 is 2.63 bits per heavy atom. The summed E-state index contributed by atoms with van der Waals surface area (Å²) >= 11 is 3.41. The fourth-order valence-corrected chi connectivity index (χ4v) is 2.06. The normalized spacial score (nSPS) is 10.8. The lowest BCUT2D eigenvalue weighted by molar-refractivity contribution is 0.305. The van der Waals surface area contributed by atoms with Crippen LogP contribution in [0.1, 0.15) is 16.7 Å². The van der Waals surface area contributed by atoms with Crippen LogP contribution >= 0.6 is 15.9 Å². The average Bonchev–Trinajstić information content (AvgIpc) is 2.40. The number of ether oxygens (including phenoxy) is 1. The van der Waals surface area contributed by atoms with Gasteiger partial charge in [-0.05, 0) is 30.7 Å². The number of hydrazone groups is 1. The minimum atomic E-state index is 0.521. The van der Waals surface area contributed by atoms with E-state index >= 15 is 0 Å². The first-order valence-electron chi connectivity index (χ1n) is 5.90. The van der Waals surface area contributed by atoms with Gasteiger partial charge in [-0.2, -0.15) is 5.10 Å². The van der Waals surface area contributed by atoms with Crippen LogP contribution in [0.2, 0.25) is 0 Å². The van der Waals surface area contributed by atoms with Crippen LogP contribution in [0.15, 0.2) is 52.0 Å². The van der Waals surface area contributed by atoms with Gasteiger partial charge in [-0.3, -0.25) is 0 Å². The molecule has 0 aliphatic carbocycles. The van der Waals surface area contributed by atoms with E-state index < -0.39 is 0 Å². The summed E-state index contributed by atoms with van der Waals surface area (Å²) in [6.45, 7) is 2.59. The van der Waals surface area contributed by atoms with Crippen molar-refractivity contribution >= 4 is 22.1 Å². The molecule has 0 aliphatic rings. The van der Waals surface area contributed by atoms with Crippen LogP contribution in [0.5, 0.6) is 5.75 Å². The average molecular weight is 319 g/mol. The number of nitrogens with two attached hydrogens (primary N) is 1. The van der Waals surface area contributed by atoms with Crippen molar-refractivity contribution in [1.29, 1.82) is 0 Å². The van der Waals surface area contributed by atoms with Gasteiger partial charge in [-0.1, -0.05) is 45.8 Å². The minimum absolute atomic E-state index is 0.521. The van der Waals surface area contributed by atoms with Gasteiger partial charge in [-0.15, -0.1) is 0 Å². The van der Waals surface area contributed by atoms with Crippen molar-refractivity contribution in [3.63, 3.8) is 0 Å². The smallest absolute Gasteiger partial charge is 0.128 e. The number of benzene rings is 2. The summed E-state index contributed by atoms with van der Waals surface area (Å²) in [6, 6.07) is 14.0. The highest BCUT2D eigenvalue weighted by molar-refractivity contribution is 9.10. The topological polar surface area (TPSA) is 47.6 Å². The maximum Gasteiger partial charge on any atom is 0.128 e. The third kappa shape index (κ3) is 3.83. The zero-order valence-electron chi connectivity index (χ0n) is 10.6. The lowest BCUT2D eigenvalue weighted by Gasteiger charge is -2.09. The standard InChI is InChI=1S/C15H15BrN2O/c1-11-2-4-12(5-3-11)10-19-15-7-6-14(16)8-13(15)9-18-17/h2-9H,10,17H2,1H3. The third-order valence-corrected chi connectivity index (χ3v) is 3.19. The van der Waals surface area contributed by atoms with Crippen LogP contribution in [-0.2, 0) is 6.61 Å². The summed E-state index contributed by atoms with van der Waals surface area (Å²) in [5.74, 6) is 5.96. The van der Waals surface area contributed by atoms with Gasteiger partial charge in [0.15, 0.2) is 0 Å². The monoisotopic (exact) mass is 318 g/mol. The van der Waals surface area contributed by atoms with Gasteiger partial charge < -0.3 is 10.6 Å². The Morgan fingerprint density at radius 2 is 1.95 bits per heavy atom. The van der Waals surface area contributed by atoms with Crippen LogP contribution in [0, 0.1) is 6.92 Å². The summed E-state index contributed by atoms with van der Waals surface area (Å²) in [6.07, 6.45) is 1.58. The molecule has 0 fully saturated rings. The van der Waals surface area contributed by atoms with Crippen LogP contribution < -0.4 is 10.6 Å². The lowest BCUT2D eigenvalue weighted by atomic mass is 10.1. The molecule has 0 saturated heterocycles. The molecular weight excluding hydrogens is 304 g/mol. The molecular formula is C15H15BrN2O. The highest BCUT2D eigenvalue weighted by Gasteiger charge is 2.03. The first-order valence-corrected chi connectivity index (χ1v) is 6.69. The zero-order chi connectivity index (χ0) is 13.7. The molecule has 3 nitrogen and oxygen atoms in total. The second-order valence-corrected chi connectivity index (χ2v) is 5.15. The number of nitrogens with zero attached hydrogens (tertiary/aromatic N) is 1. The number of rotatable bonds is 4. The third-order valence-electron chi connectivity index (χ3n) is 2.70. The van der Waals surface area contributed by atoms with Crippen molar-refractivity contribution in [2.45, 2.75) is 13.5 Å². The Hall–Kier alpha value is -1.81. The predicted octanol–water partition coefficient (Wildman–Crippen LogP) is 3.63. The van der Waals surface area contributed by atoms with E-state index in [4.69, 9.17) is 10.6 Å². The molecule has 98 valence electrons. The van der Waals surface area contributed by atoms with Crippen molar-refractivity contribution in [2.24, 2.45) is 10.9 Å². The van der Waals surface area contributed by atoms with Gasteiger partial charge in [0.05, 0.1) is 6.21 Å². The first kappa shape index (κ1) is 13.6. The van der Waals surface area contributed by atoms with E-state index in [0.717, 1.165) is 21.3 Å². The van der Waals surface area contributed by atoms with Gasteiger partial charge in [-0.25, -0.2) is 0 Å². The second kappa shape index (κ2) is 6.38. The number of aryl methyl sites for hydroxylation is 1. The number of hydrogen-bond donors (Lipinski definition) is 1. The summed E-state index contributed by atoms with van der Waals surface area (Å²) in [5.41, 5.74) is 3.22. The molecule has 4 heteroatoms. The van der Waals surface area contributed by atoms with Crippen LogP contribution in [0.25, 0.3) is 0 Å². The van der Waals surface area contributed by atoms with Crippen molar-refractivity contribution in [1.82, 2.24) is 0 Å². The molecule has 0 atom stereocenters. The molecule has 2 aromatic carbocycles. The van der Waals surface area contributed by atoms with Crippen molar-refractivity contribution in [3.05, 3.63) is 63.6 Å². The molecule has 0 aliphatic heterocycles. The lowest BCUT2D eigenvalue weighted by Crippen LogP contribution is -1.99. The fourth-order valence-electron chi connectivity index (χ4n) is 1.68. The zero-order valence-corrected chi connectivity index (χ0v) is 12.2. The predicted molar refractivity (Wildman–Crippen MR) is 81.4 cm³/mol. The highest BCUT2D eigenvalue weighted by atomic mass is 79.9. The van der Waals surface area contributed by atoms with Crippen LogP contribution in [0.4, 0.5) is 0 Å². The van der Waals surface area contributed by atoms with E-state index in [2.05, 4.69) is 52.2 Å². The van der Waals surface area contributed by atoms with Gasteiger partial charge in [0.2, 0.25) is 0 Å². The number of halogens is 1. The Labute approximate surface area is 121 Å². The largest absolute Gasteiger partial charge is 0.488 e. The molecule has 0 aromatic heterocycles. The molecule has 0 bridgehead atoms. The van der Waals surface area contributed by atoms with Crippen molar-refractivity contribution in [3.8, 4) is 5.75 Å². The maximum absolute atomic E-state index is 5.80. The summed E-state index contributed by atoms with van der Waals surface area (Å²) in [7, 11) is 0. The van der Waals surface area contributed by atoms with E-state index in [1.807, 2.05) is 18.2 Å². The summed E-state index contributed by atoms with van der Waals surface area (Å²) < 4.78 is 6.77. The fraction of sp³-hybridized carbons (Fsp3) is 0.133. The minimum Gasteiger partial charge on any atom is -0.488 e. The maximum atomic E-state index is 5.80. The molecule has 0 saturated carbocycles. The number of hydrogen-bond acceptors (Lipinski definition) is 3. The summed E-state index contributed by atoms with van der Waals surface area (Å²) in [4.78, 5) is 0. The van der Waals surface area contributed by atoms with E-state index in [-0.39, 0.29) is 0 Å².